The smallest absolute Gasteiger partial charge is 0.159 e. The highest BCUT2D eigenvalue weighted by Crippen LogP contribution is 2.28. The van der Waals surface area contributed by atoms with Crippen molar-refractivity contribution in [3.05, 3.63) is 28.2 Å². The Labute approximate surface area is 121 Å². The average molecular weight is 346 g/mol. The van der Waals surface area contributed by atoms with Gasteiger partial charge in [-0.2, -0.15) is 0 Å². The van der Waals surface area contributed by atoms with Crippen LogP contribution in [0.4, 0.5) is 5.69 Å². The van der Waals surface area contributed by atoms with Gasteiger partial charge in [0.05, 0.1) is 17.2 Å². The van der Waals surface area contributed by atoms with Crippen LogP contribution in [0.5, 0.6) is 0 Å². The molecular formula is C13H16BrNO3S. The number of Topliss-reactive ketones (excluding diaryl/α,β-unsaturated/α-hetero) is 1. The van der Waals surface area contributed by atoms with E-state index in [-0.39, 0.29) is 17.3 Å². The third kappa shape index (κ3) is 3.57. The second-order valence-electron chi connectivity index (χ2n) is 4.71. The van der Waals surface area contributed by atoms with Gasteiger partial charge in [-0.05, 0) is 47.5 Å². The highest BCUT2D eigenvalue weighted by Gasteiger charge is 2.20. The second-order valence-corrected chi connectivity index (χ2v) is 7.87. The van der Waals surface area contributed by atoms with E-state index in [0.29, 0.717) is 18.5 Å². The van der Waals surface area contributed by atoms with Crippen LogP contribution in [-0.4, -0.2) is 38.8 Å². The summed E-state index contributed by atoms with van der Waals surface area (Å²) >= 11 is 3.46. The van der Waals surface area contributed by atoms with Crippen molar-refractivity contribution in [1.29, 1.82) is 0 Å². The van der Waals surface area contributed by atoms with Crippen LogP contribution in [-0.2, 0) is 9.84 Å². The maximum absolute atomic E-state index is 11.6. The Morgan fingerprint density at radius 1 is 1.26 bits per heavy atom. The average Bonchev–Trinajstić information content (AvgIpc) is 2.50. The van der Waals surface area contributed by atoms with E-state index in [1.54, 1.807) is 12.1 Å². The van der Waals surface area contributed by atoms with E-state index in [4.69, 9.17) is 0 Å². The molecule has 0 unspecified atom stereocenters. The van der Waals surface area contributed by atoms with Crippen molar-refractivity contribution in [3.63, 3.8) is 0 Å². The van der Waals surface area contributed by atoms with Crippen molar-refractivity contribution in [2.45, 2.75) is 13.3 Å². The Hall–Kier alpha value is -0.880. The molecule has 0 spiro atoms. The Morgan fingerprint density at radius 3 is 2.63 bits per heavy atom. The van der Waals surface area contributed by atoms with E-state index in [9.17, 15) is 13.2 Å². The molecule has 6 heteroatoms. The number of ketones is 1. The summed E-state index contributed by atoms with van der Waals surface area (Å²) in [5, 5.41) is 0. The standard InChI is InChI=1S/C13H16BrNO3S/c1-10(16)11-3-4-13(12(14)9-11)15-5-2-7-19(17,18)8-6-15/h3-4,9H,2,5-8H2,1H3. The highest BCUT2D eigenvalue weighted by molar-refractivity contribution is 9.10. The summed E-state index contributed by atoms with van der Waals surface area (Å²) in [6, 6.07) is 5.44. The lowest BCUT2D eigenvalue weighted by Gasteiger charge is -2.23. The molecule has 1 aliphatic heterocycles. The first kappa shape index (κ1) is 14.5. The molecular weight excluding hydrogens is 330 g/mol. The van der Waals surface area contributed by atoms with Gasteiger partial charge < -0.3 is 4.90 Å². The summed E-state index contributed by atoms with van der Waals surface area (Å²) in [6.45, 7) is 2.75. The lowest BCUT2D eigenvalue weighted by Crippen LogP contribution is -2.27. The lowest BCUT2D eigenvalue weighted by atomic mass is 10.1. The van der Waals surface area contributed by atoms with Crippen LogP contribution in [0.25, 0.3) is 0 Å². The van der Waals surface area contributed by atoms with Gasteiger partial charge in [0.15, 0.2) is 15.6 Å². The fraction of sp³-hybridized carbons (Fsp3) is 0.462. The first-order valence-corrected chi connectivity index (χ1v) is 8.76. The monoisotopic (exact) mass is 345 g/mol. The maximum atomic E-state index is 11.6. The molecule has 1 fully saturated rings. The fourth-order valence-corrected chi connectivity index (χ4v) is 4.06. The van der Waals surface area contributed by atoms with Gasteiger partial charge in [-0.1, -0.05) is 0 Å². The van der Waals surface area contributed by atoms with Gasteiger partial charge in [0.2, 0.25) is 0 Å². The first-order valence-electron chi connectivity index (χ1n) is 6.15. The zero-order valence-electron chi connectivity index (χ0n) is 10.7. The molecule has 104 valence electrons. The largest absolute Gasteiger partial charge is 0.370 e. The molecule has 2 rings (SSSR count). The molecule has 0 atom stereocenters. The van der Waals surface area contributed by atoms with Gasteiger partial charge in [0.1, 0.15) is 0 Å². The van der Waals surface area contributed by atoms with Crippen LogP contribution in [0.3, 0.4) is 0 Å². The maximum Gasteiger partial charge on any atom is 0.159 e. The Kier molecular flexibility index (Phi) is 4.30. The van der Waals surface area contributed by atoms with Crippen LogP contribution in [0, 0.1) is 0 Å². The third-order valence-electron chi connectivity index (χ3n) is 3.25. The van der Waals surface area contributed by atoms with E-state index in [1.165, 1.54) is 6.92 Å². The van der Waals surface area contributed by atoms with Crippen LogP contribution in [0.2, 0.25) is 0 Å². The molecule has 1 aromatic carbocycles. The van der Waals surface area contributed by atoms with E-state index in [0.717, 1.165) is 16.7 Å². The highest BCUT2D eigenvalue weighted by atomic mass is 79.9. The fourth-order valence-electron chi connectivity index (χ4n) is 2.16. The number of hydrogen-bond acceptors (Lipinski definition) is 4. The van der Waals surface area contributed by atoms with Crippen molar-refractivity contribution in [3.8, 4) is 0 Å². The Balaban J connectivity index is 2.25. The molecule has 1 aromatic rings. The Morgan fingerprint density at radius 2 is 2.00 bits per heavy atom. The minimum atomic E-state index is -2.91. The predicted octanol–water partition coefficient (Wildman–Crippen LogP) is 2.28. The van der Waals surface area contributed by atoms with Crippen molar-refractivity contribution in [1.82, 2.24) is 0 Å². The van der Waals surface area contributed by atoms with E-state index >= 15 is 0 Å². The van der Waals surface area contributed by atoms with Gasteiger partial charge in [0, 0.05) is 23.1 Å². The van der Waals surface area contributed by atoms with Gasteiger partial charge >= 0.3 is 0 Å². The molecule has 1 saturated heterocycles. The first-order chi connectivity index (χ1) is 8.89. The van der Waals surface area contributed by atoms with Crippen molar-refractivity contribution >= 4 is 37.2 Å². The minimum Gasteiger partial charge on any atom is -0.370 e. The number of halogens is 1. The van der Waals surface area contributed by atoms with Gasteiger partial charge in [-0.15, -0.1) is 0 Å². The third-order valence-corrected chi connectivity index (χ3v) is 5.60. The van der Waals surface area contributed by atoms with E-state index in [2.05, 4.69) is 20.8 Å². The topological polar surface area (TPSA) is 54.5 Å². The summed E-state index contributed by atoms with van der Waals surface area (Å²) in [5.74, 6) is 0.464. The van der Waals surface area contributed by atoms with Crippen LogP contribution < -0.4 is 4.90 Å². The van der Waals surface area contributed by atoms with Crippen molar-refractivity contribution in [2.75, 3.05) is 29.5 Å². The molecule has 1 aliphatic rings. The minimum absolute atomic E-state index is 0.0192. The summed E-state index contributed by atoms with van der Waals surface area (Å²) in [6.07, 6.45) is 0.642. The SMILES string of the molecule is CC(=O)c1ccc(N2CCCS(=O)(=O)CC2)c(Br)c1. The van der Waals surface area contributed by atoms with E-state index in [1.807, 2.05) is 6.07 Å². The number of sulfone groups is 1. The normalized spacial score (nSPS) is 18.9. The summed E-state index contributed by atoms with van der Waals surface area (Å²) < 4.78 is 24.0. The van der Waals surface area contributed by atoms with Crippen molar-refractivity contribution in [2.24, 2.45) is 0 Å². The second kappa shape index (κ2) is 5.63. The summed E-state index contributed by atoms with van der Waals surface area (Å²) in [5.41, 5.74) is 1.60. The number of rotatable bonds is 2. The molecule has 0 aromatic heterocycles. The van der Waals surface area contributed by atoms with Crippen LogP contribution >= 0.6 is 15.9 Å². The number of carbonyl (C=O) groups excluding carboxylic acids is 1. The summed E-state index contributed by atoms with van der Waals surface area (Å²) in [4.78, 5) is 13.4. The van der Waals surface area contributed by atoms with Gasteiger partial charge in [0.25, 0.3) is 0 Å². The molecule has 0 N–H and O–H groups in total. The Bertz CT molecular complexity index is 598. The molecule has 19 heavy (non-hydrogen) atoms. The van der Waals surface area contributed by atoms with E-state index < -0.39 is 9.84 Å². The molecule has 0 aliphatic carbocycles. The quantitative estimate of drug-likeness (QED) is 0.771. The molecule has 4 nitrogen and oxygen atoms in total. The number of anilines is 1. The number of carbonyl (C=O) groups is 1. The molecule has 0 saturated carbocycles. The van der Waals surface area contributed by atoms with Crippen LogP contribution in [0.1, 0.15) is 23.7 Å². The number of hydrogen-bond donors (Lipinski definition) is 0. The van der Waals surface area contributed by atoms with Crippen molar-refractivity contribution < 1.29 is 13.2 Å². The van der Waals surface area contributed by atoms with Crippen LogP contribution in [0.15, 0.2) is 22.7 Å². The molecule has 0 bridgehead atoms. The zero-order valence-corrected chi connectivity index (χ0v) is 13.1. The molecule has 1 heterocycles. The predicted molar refractivity (Wildman–Crippen MR) is 79.6 cm³/mol. The number of nitrogens with zero attached hydrogens (tertiary/aromatic N) is 1. The summed E-state index contributed by atoms with van der Waals surface area (Å²) in [7, 11) is -2.91. The van der Waals surface area contributed by atoms with Gasteiger partial charge in [-0.3, -0.25) is 4.79 Å². The lowest BCUT2D eigenvalue weighted by molar-refractivity contribution is 0.101. The molecule has 0 amide bonds. The molecule has 0 radical (unpaired) electrons. The van der Waals surface area contributed by atoms with Gasteiger partial charge in [-0.25, -0.2) is 8.42 Å². The number of benzene rings is 1. The zero-order chi connectivity index (χ0) is 14.0.